The van der Waals surface area contributed by atoms with Gasteiger partial charge in [0, 0.05) is 16.5 Å². The summed E-state index contributed by atoms with van der Waals surface area (Å²) in [6.07, 6.45) is -0.594. The van der Waals surface area contributed by atoms with Gasteiger partial charge in [0.1, 0.15) is 18.8 Å². The molecular formula is C20H18Cl2O5. The molecule has 3 atom stereocenters. The van der Waals surface area contributed by atoms with Crippen LogP contribution in [0.25, 0.3) is 0 Å². The molecule has 1 fully saturated rings. The van der Waals surface area contributed by atoms with Crippen molar-refractivity contribution < 1.29 is 23.8 Å². The number of ether oxygens (including phenoxy) is 3. The highest BCUT2D eigenvalue weighted by Gasteiger charge is 2.37. The molecule has 2 aromatic carbocycles. The Bertz CT molecular complexity index is 804. The molecule has 2 aromatic rings. The summed E-state index contributed by atoms with van der Waals surface area (Å²) < 4.78 is 16.6. The maximum atomic E-state index is 12.3. The maximum absolute atomic E-state index is 12.3. The number of rotatable bonds is 5. The Morgan fingerprint density at radius 2 is 1.48 bits per heavy atom. The molecule has 0 N–H and O–H groups in total. The molecule has 0 aromatic heterocycles. The predicted octanol–water partition coefficient (Wildman–Crippen LogP) is 4.55. The van der Waals surface area contributed by atoms with E-state index in [9.17, 15) is 9.59 Å². The van der Waals surface area contributed by atoms with Crippen molar-refractivity contribution in [3.05, 3.63) is 69.7 Å². The van der Waals surface area contributed by atoms with Gasteiger partial charge in [-0.3, -0.25) is 0 Å². The van der Waals surface area contributed by atoms with Gasteiger partial charge in [-0.15, -0.1) is 0 Å². The second-order valence-corrected chi connectivity index (χ2v) is 7.15. The van der Waals surface area contributed by atoms with Crippen LogP contribution in [0.5, 0.6) is 0 Å². The Kier molecular flexibility index (Phi) is 6.37. The van der Waals surface area contributed by atoms with Gasteiger partial charge in [-0.2, -0.15) is 0 Å². The molecule has 142 valence electrons. The zero-order chi connectivity index (χ0) is 19.4. The number of hydrogen-bond donors (Lipinski definition) is 0. The van der Waals surface area contributed by atoms with Gasteiger partial charge in [0.05, 0.1) is 17.2 Å². The Labute approximate surface area is 167 Å². The highest BCUT2D eigenvalue weighted by atomic mass is 35.5. The average Bonchev–Trinajstić information content (AvgIpc) is 3.00. The molecule has 3 rings (SSSR count). The summed E-state index contributed by atoms with van der Waals surface area (Å²) in [5.41, 5.74) is 0.788. The zero-order valence-electron chi connectivity index (χ0n) is 14.6. The third-order valence-electron chi connectivity index (χ3n) is 4.18. The Balaban J connectivity index is 1.58. The van der Waals surface area contributed by atoms with Gasteiger partial charge in [0.2, 0.25) is 0 Å². The summed E-state index contributed by atoms with van der Waals surface area (Å²) in [6.45, 7) is 1.87. The number of hydrogen-bond acceptors (Lipinski definition) is 5. The van der Waals surface area contributed by atoms with E-state index in [4.69, 9.17) is 37.4 Å². The van der Waals surface area contributed by atoms with Crippen LogP contribution in [0.3, 0.4) is 0 Å². The van der Waals surface area contributed by atoms with E-state index in [1.165, 1.54) is 0 Å². The lowest BCUT2D eigenvalue weighted by molar-refractivity contribution is -0.0394. The van der Waals surface area contributed by atoms with Crippen molar-refractivity contribution >= 4 is 35.1 Å². The number of benzene rings is 2. The van der Waals surface area contributed by atoms with Crippen molar-refractivity contribution in [2.75, 3.05) is 6.61 Å². The lowest BCUT2D eigenvalue weighted by Crippen LogP contribution is -2.32. The van der Waals surface area contributed by atoms with Gasteiger partial charge in [0.25, 0.3) is 0 Å². The molecule has 0 saturated carbocycles. The summed E-state index contributed by atoms with van der Waals surface area (Å²) in [6, 6.07) is 12.8. The second-order valence-electron chi connectivity index (χ2n) is 6.28. The molecule has 1 heterocycles. The molecule has 1 aliphatic heterocycles. The highest BCUT2D eigenvalue weighted by Crippen LogP contribution is 2.25. The van der Waals surface area contributed by atoms with Crippen molar-refractivity contribution in [2.45, 2.75) is 31.7 Å². The van der Waals surface area contributed by atoms with E-state index in [-0.39, 0.29) is 12.7 Å². The lowest BCUT2D eigenvalue weighted by Gasteiger charge is -2.19. The van der Waals surface area contributed by atoms with Gasteiger partial charge >= 0.3 is 11.9 Å². The van der Waals surface area contributed by atoms with E-state index in [1.54, 1.807) is 48.5 Å². The minimum atomic E-state index is -0.521. The molecule has 1 unspecified atom stereocenters. The quantitative estimate of drug-likeness (QED) is 0.678. The van der Waals surface area contributed by atoms with Crippen LogP contribution in [-0.2, 0) is 14.2 Å². The van der Waals surface area contributed by atoms with E-state index in [0.717, 1.165) is 0 Å². The fourth-order valence-electron chi connectivity index (χ4n) is 2.81. The molecule has 0 radical (unpaired) electrons. The van der Waals surface area contributed by atoms with Crippen LogP contribution >= 0.6 is 23.2 Å². The smallest absolute Gasteiger partial charge is 0.338 e. The number of carbonyl (C=O) groups is 2. The predicted molar refractivity (Wildman–Crippen MR) is 101 cm³/mol. The summed E-state index contributed by atoms with van der Waals surface area (Å²) in [5.74, 6) is -0.957. The SMILES string of the molecule is CC1C[C@H](OC(=O)c2ccc(Cl)cc2)[C@@H](COC(=O)c2ccc(Cl)cc2)O1. The van der Waals surface area contributed by atoms with Gasteiger partial charge in [0.15, 0.2) is 0 Å². The van der Waals surface area contributed by atoms with Crippen LogP contribution in [0.1, 0.15) is 34.1 Å². The monoisotopic (exact) mass is 408 g/mol. The van der Waals surface area contributed by atoms with Gasteiger partial charge in [-0.25, -0.2) is 9.59 Å². The van der Waals surface area contributed by atoms with Crippen molar-refractivity contribution in [1.29, 1.82) is 0 Å². The van der Waals surface area contributed by atoms with Crippen LogP contribution in [0.4, 0.5) is 0 Å². The molecule has 0 bridgehead atoms. The van der Waals surface area contributed by atoms with Crippen LogP contribution in [0.15, 0.2) is 48.5 Å². The summed E-state index contributed by atoms with van der Waals surface area (Å²) >= 11 is 11.6. The highest BCUT2D eigenvalue weighted by molar-refractivity contribution is 6.30. The summed E-state index contributed by atoms with van der Waals surface area (Å²) in [5, 5.41) is 1.07. The molecule has 0 spiro atoms. The first-order chi connectivity index (χ1) is 12.9. The largest absolute Gasteiger partial charge is 0.459 e. The third-order valence-corrected chi connectivity index (χ3v) is 4.69. The lowest BCUT2D eigenvalue weighted by atomic mass is 10.1. The molecule has 27 heavy (non-hydrogen) atoms. The normalized spacial score (nSPS) is 21.7. The van der Waals surface area contributed by atoms with Crippen LogP contribution in [0, 0.1) is 0 Å². The van der Waals surface area contributed by atoms with Gasteiger partial charge in [-0.05, 0) is 55.5 Å². The van der Waals surface area contributed by atoms with E-state index in [0.29, 0.717) is 27.6 Å². The number of carbonyl (C=O) groups excluding carboxylic acids is 2. The Morgan fingerprint density at radius 3 is 2.04 bits per heavy atom. The second kappa shape index (κ2) is 8.74. The van der Waals surface area contributed by atoms with Gasteiger partial charge in [-0.1, -0.05) is 23.2 Å². The fraction of sp³-hybridized carbons (Fsp3) is 0.300. The first-order valence-electron chi connectivity index (χ1n) is 8.47. The van der Waals surface area contributed by atoms with Crippen LogP contribution in [0.2, 0.25) is 10.0 Å². The Hall–Kier alpha value is -2.08. The standard InChI is InChI=1S/C20H18Cl2O5/c1-12-10-17(27-20(24)14-4-8-16(22)9-5-14)18(26-12)11-25-19(23)13-2-6-15(21)7-3-13/h2-9,12,17-18H,10-11H2,1H3/t12?,17-,18+/m0/s1. The maximum Gasteiger partial charge on any atom is 0.338 e. The summed E-state index contributed by atoms with van der Waals surface area (Å²) in [7, 11) is 0. The van der Waals surface area contributed by atoms with E-state index in [2.05, 4.69) is 0 Å². The molecule has 5 nitrogen and oxygen atoms in total. The Morgan fingerprint density at radius 1 is 0.963 bits per heavy atom. The minimum absolute atomic E-state index is 0.00956. The first-order valence-corrected chi connectivity index (χ1v) is 9.22. The van der Waals surface area contributed by atoms with E-state index < -0.39 is 24.1 Å². The summed E-state index contributed by atoms with van der Waals surface area (Å²) in [4.78, 5) is 24.4. The molecule has 0 amide bonds. The zero-order valence-corrected chi connectivity index (χ0v) is 16.1. The number of halogens is 2. The van der Waals surface area contributed by atoms with Crippen molar-refractivity contribution in [3.8, 4) is 0 Å². The molecule has 1 saturated heterocycles. The van der Waals surface area contributed by atoms with Crippen molar-refractivity contribution in [3.63, 3.8) is 0 Å². The van der Waals surface area contributed by atoms with Crippen molar-refractivity contribution in [1.82, 2.24) is 0 Å². The third kappa shape index (κ3) is 5.22. The van der Waals surface area contributed by atoms with E-state index >= 15 is 0 Å². The van der Waals surface area contributed by atoms with Gasteiger partial charge < -0.3 is 14.2 Å². The van der Waals surface area contributed by atoms with Crippen LogP contribution < -0.4 is 0 Å². The first kappa shape index (κ1) is 19.7. The van der Waals surface area contributed by atoms with E-state index in [1.807, 2.05) is 6.92 Å². The molecule has 7 heteroatoms. The van der Waals surface area contributed by atoms with Crippen molar-refractivity contribution in [2.24, 2.45) is 0 Å². The van der Waals surface area contributed by atoms with Crippen LogP contribution in [-0.4, -0.2) is 36.9 Å². The molecular weight excluding hydrogens is 391 g/mol. The fourth-order valence-corrected chi connectivity index (χ4v) is 3.06. The average molecular weight is 409 g/mol. The molecule has 1 aliphatic rings. The topological polar surface area (TPSA) is 61.8 Å². The number of esters is 2. The molecule has 0 aliphatic carbocycles. The minimum Gasteiger partial charge on any atom is -0.459 e.